The Morgan fingerprint density at radius 1 is 1.78 bits per heavy atom. The zero-order valence-corrected chi connectivity index (χ0v) is 7.34. The fourth-order valence-corrected chi connectivity index (χ4v) is 1.86. The Morgan fingerprint density at radius 3 is 2.89 bits per heavy atom. The van der Waals surface area contributed by atoms with Crippen LogP contribution in [-0.2, 0) is 12.4 Å². The molecule has 0 bridgehead atoms. The Morgan fingerprint density at radius 2 is 2.44 bits per heavy atom. The molecule has 2 nitrogen and oxygen atoms in total. The molecule has 0 aliphatic carbocycles. The summed E-state index contributed by atoms with van der Waals surface area (Å²) in [7, 11) is 2.02. The van der Waals surface area contributed by atoms with Crippen molar-refractivity contribution in [2.75, 3.05) is 19.3 Å². The van der Waals surface area contributed by atoms with E-state index in [4.69, 9.17) is 12.4 Å². The normalized spacial score (nSPS) is 28.9. The Kier molecular flexibility index (Phi) is 2.29. The van der Waals surface area contributed by atoms with Gasteiger partial charge in [-0.15, -0.1) is 0 Å². The predicted octanol–water partition coefficient (Wildman–Crippen LogP) is 0.874. The van der Waals surface area contributed by atoms with Crippen molar-refractivity contribution in [3.8, 4) is 0 Å². The van der Waals surface area contributed by atoms with Crippen molar-refractivity contribution >= 4 is 24.4 Å². The van der Waals surface area contributed by atoms with Gasteiger partial charge in [-0.3, -0.25) is 0 Å². The van der Waals surface area contributed by atoms with Crippen LogP contribution in [-0.4, -0.2) is 27.8 Å². The van der Waals surface area contributed by atoms with Gasteiger partial charge in [0.05, 0.1) is 19.3 Å². The summed E-state index contributed by atoms with van der Waals surface area (Å²) in [6.07, 6.45) is 0. The van der Waals surface area contributed by atoms with Crippen molar-refractivity contribution in [1.82, 2.24) is 5.01 Å². The van der Waals surface area contributed by atoms with E-state index in [-0.39, 0.29) is 0 Å². The summed E-state index contributed by atoms with van der Waals surface area (Å²) in [4.78, 5) is 0. The Hall–Kier alpha value is 0.170. The molecule has 1 heterocycles. The van der Waals surface area contributed by atoms with Gasteiger partial charge in [0.25, 0.3) is 0 Å². The number of hydrazine groups is 1. The maximum atomic E-state index is 4.99. The molecule has 0 spiro atoms. The first-order valence-electron chi connectivity index (χ1n) is 3.01. The van der Waals surface area contributed by atoms with E-state index in [9.17, 15) is 0 Å². The van der Waals surface area contributed by atoms with Crippen molar-refractivity contribution in [1.29, 1.82) is 0 Å². The van der Waals surface area contributed by atoms with Crippen LogP contribution in [0.5, 0.6) is 0 Å². The number of hydrogen-bond acceptors (Lipinski definition) is 2. The van der Waals surface area contributed by atoms with Gasteiger partial charge >= 0.3 is 12.4 Å². The predicted molar refractivity (Wildman–Crippen MR) is 41.9 cm³/mol. The van der Waals surface area contributed by atoms with E-state index < -0.39 is 0 Å². The first-order chi connectivity index (χ1) is 4.20. The molecule has 0 aromatic heterocycles. The zero-order valence-electron chi connectivity index (χ0n) is 5.70. The van der Waals surface area contributed by atoms with Gasteiger partial charge in [0.2, 0.25) is 11.9 Å². The lowest BCUT2D eigenvalue weighted by Crippen LogP contribution is -2.35. The monoisotopic (exact) mass is 163 g/mol. The minimum atomic E-state index is 0.777. The highest BCUT2D eigenvalue weighted by Crippen LogP contribution is 2.17. The van der Waals surface area contributed by atoms with Crippen LogP contribution in [0.25, 0.3) is 0 Å². The van der Waals surface area contributed by atoms with Crippen LogP contribution >= 0.6 is 11.9 Å². The first-order valence-corrected chi connectivity index (χ1v) is 4.32. The molecule has 1 aliphatic heterocycles. The lowest BCUT2D eigenvalue weighted by atomic mass is 10.2. The molecule has 1 unspecified atom stereocenters. The van der Waals surface area contributed by atoms with E-state index in [0.29, 0.717) is 0 Å². The summed E-state index contributed by atoms with van der Waals surface area (Å²) in [6.45, 7) is 3.34. The van der Waals surface area contributed by atoms with Gasteiger partial charge in [-0.1, -0.05) is 6.92 Å². The third-order valence-corrected chi connectivity index (χ3v) is 3.14. The molecule has 1 atom stereocenters. The molecule has 0 saturated carbocycles. The van der Waals surface area contributed by atoms with Gasteiger partial charge in [-0.25, -0.2) is 0 Å². The smallest absolute Gasteiger partial charge is 0.162 e. The first kappa shape index (κ1) is 7.28. The fourth-order valence-electron chi connectivity index (χ4n) is 0.860. The maximum absolute atomic E-state index is 4.99. The lowest BCUT2D eigenvalue weighted by molar-refractivity contribution is -0.524. The van der Waals surface area contributed by atoms with Crippen LogP contribution in [0.15, 0.2) is 0 Å². The third-order valence-electron chi connectivity index (χ3n) is 1.32. The molecular weight excluding hydrogens is 152 g/mol. The molecule has 0 aromatic rings. The molecule has 1 fully saturated rings. The van der Waals surface area contributed by atoms with Crippen molar-refractivity contribution in [3.63, 3.8) is 0 Å². The summed E-state index contributed by atoms with van der Waals surface area (Å²) in [5.41, 5.74) is 0. The second-order valence-corrected chi connectivity index (χ2v) is 3.99. The molecule has 0 amide bonds. The number of hydrogen-bond donors (Lipinski definition) is 0. The van der Waals surface area contributed by atoms with Gasteiger partial charge in [0.1, 0.15) is 0 Å². The van der Waals surface area contributed by atoms with E-state index in [1.165, 1.54) is 0 Å². The molecule has 1 rings (SSSR count). The standard InChI is InChI=1S/C5H11N2S2/c1-5-3-6(2)7(8)9-4-5/h5H,3-4H2,1-2H3/q+1. The van der Waals surface area contributed by atoms with E-state index >= 15 is 0 Å². The number of nitrogens with zero attached hydrogens (tertiary/aromatic N) is 2. The molecule has 0 N–H and O–H groups in total. The average Bonchev–Trinajstić information content (AvgIpc) is 1.80. The SMILES string of the molecule is CC1CS[N+](=S)N(C)C1. The number of rotatable bonds is 0. The topological polar surface area (TPSA) is 6.25 Å². The van der Waals surface area contributed by atoms with Gasteiger partial charge in [-0.2, -0.15) is 5.01 Å². The highest BCUT2D eigenvalue weighted by atomic mass is 32.2. The summed E-state index contributed by atoms with van der Waals surface area (Å²) in [5, 5.41) is 2.06. The van der Waals surface area contributed by atoms with Crippen LogP contribution in [0.1, 0.15) is 6.92 Å². The van der Waals surface area contributed by atoms with Crippen LogP contribution in [0.3, 0.4) is 0 Å². The lowest BCUT2D eigenvalue weighted by Gasteiger charge is -2.19. The van der Waals surface area contributed by atoms with Gasteiger partial charge < -0.3 is 0 Å². The maximum Gasteiger partial charge on any atom is 0.314 e. The fraction of sp³-hybridized carbons (Fsp3) is 1.00. The molecule has 52 valence electrons. The molecular formula is C5H11N2S2+. The van der Waals surface area contributed by atoms with Crippen molar-refractivity contribution in [2.45, 2.75) is 6.92 Å². The third kappa shape index (κ3) is 1.79. The quantitative estimate of drug-likeness (QED) is 0.386. The van der Waals surface area contributed by atoms with E-state index in [2.05, 4.69) is 11.9 Å². The second-order valence-electron chi connectivity index (χ2n) is 2.48. The van der Waals surface area contributed by atoms with Gasteiger partial charge in [0, 0.05) is 3.46 Å². The van der Waals surface area contributed by atoms with E-state index in [1.807, 2.05) is 7.05 Å². The van der Waals surface area contributed by atoms with Gasteiger partial charge in [0.15, 0.2) is 0 Å². The van der Waals surface area contributed by atoms with Crippen molar-refractivity contribution in [2.24, 2.45) is 5.92 Å². The largest absolute Gasteiger partial charge is 0.314 e. The minimum Gasteiger partial charge on any atom is -0.162 e. The van der Waals surface area contributed by atoms with Crippen molar-refractivity contribution < 1.29 is 3.46 Å². The molecule has 1 saturated heterocycles. The molecule has 4 heteroatoms. The Labute approximate surface area is 65.5 Å². The average molecular weight is 163 g/mol. The summed E-state index contributed by atoms with van der Waals surface area (Å²) in [6, 6.07) is 0. The Bertz CT molecular complexity index is 126. The van der Waals surface area contributed by atoms with E-state index in [1.54, 1.807) is 15.4 Å². The highest BCUT2D eigenvalue weighted by molar-refractivity contribution is 7.94. The highest BCUT2D eigenvalue weighted by Gasteiger charge is 2.24. The van der Waals surface area contributed by atoms with Crippen LogP contribution in [0, 0.1) is 5.92 Å². The minimum absolute atomic E-state index is 0.777. The molecule has 9 heavy (non-hydrogen) atoms. The molecule has 1 aliphatic rings. The summed E-state index contributed by atoms with van der Waals surface area (Å²) in [5.74, 6) is 1.94. The Balaban J connectivity index is 2.44. The van der Waals surface area contributed by atoms with Crippen LogP contribution in [0.4, 0.5) is 0 Å². The van der Waals surface area contributed by atoms with Crippen LogP contribution in [0.2, 0.25) is 0 Å². The van der Waals surface area contributed by atoms with Gasteiger partial charge in [-0.05, 0) is 5.92 Å². The molecule has 0 radical (unpaired) electrons. The summed E-state index contributed by atoms with van der Waals surface area (Å²) < 4.78 is 1.78. The van der Waals surface area contributed by atoms with Crippen LogP contribution < -0.4 is 0 Å². The molecule has 0 aromatic carbocycles. The zero-order chi connectivity index (χ0) is 6.85. The van der Waals surface area contributed by atoms with E-state index in [0.717, 1.165) is 18.2 Å². The summed E-state index contributed by atoms with van der Waals surface area (Å²) >= 11 is 6.70. The van der Waals surface area contributed by atoms with Crippen molar-refractivity contribution in [3.05, 3.63) is 0 Å². The second kappa shape index (κ2) is 2.84.